The first-order valence-electron chi connectivity index (χ1n) is 6.43. The summed E-state index contributed by atoms with van der Waals surface area (Å²) in [5.74, 6) is -0.249. The molecule has 4 atom stereocenters. The van der Waals surface area contributed by atoms with Crippen LogP contribution in [0.1, 0.15) is 25.7 Å². The Bertz CT molecular complexity index is 363. The Morgan fingerprint density at radius 3 is 2.78 bits per heavy atom. The molecule has 0 aliphatic carbocycles. The molecule has 3 rings (SSSR count). The van der Waals surface area contributed by atoms with E-state index in [0.29, 0.717) is 12.3 Å². The minimum absolute atomic E-state index is 0. The quantitative estimate of drug-likeness (QED) is 0.730. The normalized spacial score (nSPS) is 38.7. The summed E-state index contributed by atoms with van der Waals surface area (Å²) in [6.07, 6.45) is 3.35. The minimum Gasteiger partial charge on any atom is -0.480 e. The molecule has 0 aromatic heterocycles. The zero-order valence-corrected chi connectivity index (χ0v) is 11.0. The monoisotopic (exact) mass is 274 g/mol. The van der Waals surface area contributed by atoms with Crippen molar-refractivity contribution in [3.8, 4) is 0 Å². The molecular formula is C12H19ClN2O3. The highest BCUT2D eigenvalue weighted by atomic mass is 35.5. The lowest BCUT2D eigenvalue weighted by Crippen LogP contribution is -2.66. The number of nitrogens with zero attached hydrogens (tertiary/aromatic N) is 1. The number of amides is 1. The fourth-order valence-corrected chi connectivity index (χ4v) is 3.83. The second kappa shape index (κ2) is 5.05. The lowest BCUT2D eigenvalue weighted by atomic mass is 9.72. The van der Waals surface area contributed by atoms with Crippen molar-refractivity contribution in [3.05, 3.63) is 0 Å². The number of nitrogens with one attached hydrogen (secondary N) is 1. The standard InChI is InChI=1S/C12H18N2O3.ClH/c15-10-3-1-2-9-7-4-8(6-13-5-7)11(12(16)17)14(9)10;/h7-9,11,13H,1-6H2,(H,16,17);1H/t7-,8+,9+,11-;/m1./s1. The van der Waals surface area contributed by atoms with Gasteiger partial charge in [0.05, 0.1) is 0 Å². The summed E-state index contributed by atoms with van der Waals surface area (Å²) in [6, 6.07) is -0.446. The highest BCUT2D eigenvalue weighted by molar-refractivity contribution is 5.85. The molecule has 0 aromatic rings. The van der Waals surface area contributed by atoms with Crippen LogP contribution in [0.2, 0.25) is 0 Å². The van der Waals surface area contributed by atoms with E-state index < -0.39 is 12.0 Å². The van der Waals surface area contributed by atoms with E-state index >= 15 is 0 Å². The Balaban J connectivity index is 0.00000120. The molecule has 2 N–H and O–H groups in total. The molecule has 3 fully saturated rings. The number of hydrogen-bond acceptors (Lipinski definition) is 3. The van der Waals surface area contributed by atoms with E-state index in [1.165, 1.54) is 0 Å². The lowest BCUT2D eigenvalue weighted by molar-refractivity contribution is -0.165. The number of halogens is 1. The van der Waals surface area contributed by atoms with Gasteiger partial charge in [-0.3, -0.25) is 4.79 Å². The first kappa shape index (κ1) is 13.6. The molecule has 1 amide bonds. The zero-order valence-electron chi connectivity index (χ0n) is 10.2. The molecule has 3 saturated heterocycles. The number of fused-ring (bicyclic) bond motifs is 4. The average Bonchev–Trinajstić information content (AvgIpc) is 2.31. The predicted octanol–water partition coefficient (Wildman–Crippen LogP) is 0.482. The number of carbonyl (C=O) groups excluding carboxylic acids is 1. The Kier molecular flexibility index (Phi) is 3.82. The fourth-order valence-electron chi connectivity index (χ4n) is 3.83. The summed E-state index contributed by atoms with van der Waals surface area (Å²) in [5.41, 5.74) is 0. The Morgan fingerprint density at radius 1 is 1.33 bits per heavy atom. The van der Waals surface area contributed by atoms with Crippen molar-refractivity contribution in [3.63, 3.8) is 0 Å². The van der Waals surface area contributed by atoms with E-state index in [9.17, 15) is 14.7 Å². The van der Waals surface area contributed by atoms with Gasteiger partial charge in [0.25, 0.3) is 0 Å². The number of rotatable bonds is 1. The van der Waals surface area contributed by atoms with Gasteiger partial charge in [-0.05, 0) is 31.7 Å². The maximum absolute atomic E-state index is 12.0. The third kappa shape index (κ3) is 1.99. The van der Waals surface area contributed by atoms with Crippen molar-refractivity contribution >= 4 is 24.3 Å². The molecule has 3 aliphatic rings. The first-order valence-corrected chi connectivity index (χ1v) is 6.43. The number of carboxylic acids is 1. The van der Waals surface area contributed by atoms with Gasteiger partial charge in [-0.1, -0.05) is 0 Å². The van der Waals surface area contributed by atoms with E-state index in [0.717, 1.165) is 32.4 Å². The molecule has 5 nitrogen and oxygen atoms in total. The minimum atomic E-state index is -0.836. The summed E-state index contributed by atoms with van der Waals surface area (Å²) in [5, 5.41) is 12.7. The predicted molar refractivity (Wildman–Crippen MR) is 67.6 cm³/mol. The van der Waals surface area contributed by atoms with Crippen molar-refractivity contribution < 1.29 is 14.7 Å². The van der Waals surface area contributed by atoms with Crippen LogP contribution in [0.4, 0.5) is 0 Å². The van der Waals surface area contributed by atoms with Crippen LogP contribution in [0.15, 0.2) is 0 Å². The van der Waals surface area contributed by atoms with Crippen LogP contribution in [-0.4, -0.2) is 47.1 Å². The van der Waals surface area contributed by atoms with Crippen LogP contribution in [0.25, 0.3) is 0 Å². The van der Waals surface area contributed by atoms with Crippen LogP contribution in [-0.2, 0) is 9.59 Å². The van der Waals surface area contributed by atoms with Gasteiger partial charge in [-0.15, -0.1) is 12.4 Å². The van der Waals surface area contributed by atoms with Gasteiger partial charge < -0.3 is 15.3 Å². The van der Waals surface area contributed by atoms with Crippen LogP contribution in [0, 0.1) is 11.8 Å². The summed E-state index contributed by atoms with van der Waals surface area (Å²) in [7, 11) is 0. The van der Waals surface area contributed by atoms with Gasteiger partial charge >= 0.3 is 5.97 Å². The third-order valence-corrected chi connectivity index (χ3v) is 4.50. The molecule has 0 radical (unpaired) electrons. The van der Waals surface area contributed by atoms with Crippen molar-refractivity contribution in [2.24, 2.45) is 11.8 Å². The molecule has 0 spiro atoms. The van der Waals surface area contributed by atoms with Crippen molar-refractivity contribution in [1.29, 1.82) is 0 Å². The molecular weight excluding hydrogens is 256 g/mol. The molecule has 3 aliphatic heterocycles. The Labute approximate surface area is 112 Å². The van der Waals surface area contributed by atoms with E-state index in [1.54, 1.807) is 4.90 Å². The molecule has 6 heteroatoms. The van der Waals surface area contributed by atoms with E-state index in [1.807, 2.05) is 0 Å². The third-order valence-electron chi connectivity index (χ3n) is 4.50. The van der Waals surface area contributed by atoms with E-state index in [-0.39, 0.29) is 30.3 Å². The smallest absolute Gasteiger partial charge is 0.326 e. The van der Waals surface area contributed by atoms with Gasteiger partial charge in [-0.25, -0.2) is 4.79 Å². The van der Waals surface area contributed by atoms with Gasteiger partial charge in [0, 0.05) is 24.9 Å². The Hall–Kier alpha value is -0.810. The van der Waals surface area contributed by atoms with Gasteiger partial charge in [-0.2, -0.15) is 0 Å². The average molecular weight is 275 g/mol. The molecule has 0 unspecified atom stereocenters. The van der Waals surface area contributed by atoms with Crippen molar-refractivity contribution in [2.45, 2.75) is 37.8 Å². The van der Waals surface area contributed by atoms with Crippen molar-refractivity contribution in [2.75, 3.05) is 13.1 Å². The summed E-state index contributed by atoms with van der Waals surface area (Å²) in [4.78, 5) is 25.1. The molecule has 102 valence electrons. The number of carbonyl (C=O) groups is 2. The second-order valence-electron chi connectivity index (χ2n) is 5.46. The number of aliphatic carboxylic acids is 1. The van der Waals surface area contributed by atoms with Crippen LogP contribution >= 0.6 is 12.4 Å². The summed E-state index contributed by atoms with van der Waals surface area (Å²) < 4.78 is 0. The van der Waals surface area contributed by atoms with Crippen LogP contribution in [0.3, 0.4) is 0 Å². The van der Waals surface area contributed by atoms with Crippen molar-refractivity contribution in [1.82, 2.24) is 10.2 Å². The fraction of sp³-hybridized carbons (Fsp3) is 0.833. The van der Waals surface area contributed by atoms with Crippen LogP contribution in [0.5, 0.6) is 0 Å². The van der Waals surface area contributed by atoms with Gasteiger partial charge in [0.2, 0.25) is 5.91 Å². The number of carboxylic acid groups (broad SMARTS) is 1. The van der Waals surface area contributed by atoms with E-state index in [2.05, 4.69) is 5.32 Å². The highest BCUT2D eigenvalue weighted by Gasteiger charge is 2.50. The molecule has 0 saturated carbocycles. The largest absolute Gasteiger partial charge is 0.480 e. The molecule has 2 bridgehead atoms. The van der Waals surface area contributed by atoms with Gasteiger partial charge in [0.1, 0.15) is 6.04 Å². The number of piperidine rings is 3. The summed E-state index contributed by atoms with van der Waals surface area (Å²) >= 11 is 0. The SMILES string of the molecule is Cl.O=C(O)[C@H]1[C@@H]2CNC[C@@H](C2)[C@@H]2CCCC(=O)N21. The highest BCUT2D eigenvalue weighted by Crippen LogP contribution is 2.39. The maximum atomic E-state index is 12.0. The topological polar surface area (TPSA) is 69.6 Å². The zero-order chi connectivity index (χ0) is 12.0. The first-order chi connectivity index (χ1) is 8.18. The maximum Gasteiger partial charge on any atom is 0.326 e. The summed E-state index contributed by atoms with van der Waals surface area (Å²) in [6.45, 7) is 1.65. The lowest BCUT2D eigenvalue weighted by Gasteiger charge is -2.53. The molecule has 0 aromatic carbocycles. The van der Waals surface area contributed by atoms with Gasteiger partial charge in [0.15, 0.2) is 0 Å². The molecule has 18 heavy (non-hydrogen) atoms. The second-order valence-corrected chi connectivity index (χ2v) is 5.46. The van der Waals surface area contributed by atoms with Crippen LogP contribution < -0.4 is 5.32 Å². The van der Waals surface area contributed by atoms with E-state index in [4.69, 9.17) is 0 Å². The number of hydrogen-bond donors (Lipinski definition) is 2. The molecule has 3 heterocycles. The Morgan fingerprint density at radius 2 is 2.06 bits per heavy atom.